The van der Waals surface area contributed by atoms with E-state index < -0.39 is 0 Å². The van der Waals surface area contributed by atoms with Crippen molar-refractivity contribution < 1.29 is 0 Å². The van der Waals surface area contributed by atoms with Crippen LogP contribution in [0.4, 0.5) is 11.6 Å². The average Bonchev–Trinajstić information content (AvgIpc) is 2.67. The van der Waals surface area contributed by atoms with E-state index >= 15 is 0 Å². The van der Waals surface area contributed by atoms with Crippen LogP contribution in [0.25, 0.3) is 0 Å². The molecule has 0 aliphatic heterocycles. The lowest BCUT2D eigenvalue weighted by Gasteiger charge is -2.02. The third-order valence-corrected chi connectivity index (χ3v) is 1.71. The molecular weight excluding hydrogens is 180 g/mol. The summed E-state index contributed by atoms with van der Waals surface area (Å²) in [7, 11) is 0. The van der Waals surface area contributed by atoms with Gasteiger partial charge in [0.25, 0.3) is 0 Å². The molecule has 0 radical (unpaired) electrons. The zero-order valence-corrected chi connectivity index (χ0v) is 7.44. The molecule has 0 aliphatic carbocycles. The number of nitrogen functional groups attached to an aromatic ring is 1. The van der Waals surface area contributed by atoms with E-state index in [4.69, 9.17) is 5.73 Å². The molecule has 0 fully saturated rings. The molecule has 6 nitrogen and oxygen atoms in total. The second kappa shape index (κ2) is 3.73. The van der Waals surface area contributed by atoms with Gasteiger partial charge >= 0.3 is 0 Å². The van der Waals surface area contributed by atoms with Crippen molar-refractivity contribution in [2.45, 2.75) is 6.54 Å². The number of nitrogens with two attached hydrogens (primary N) is 1. The molecule has 2 aromatic rings. The molecule has 0 aliphatic rings. The van der Waals surface area contributed by atoms with Gasteiger partial charge < -0.3 is 11.1 Å². The van der Waals surface area contributed by atoms with Gasteiger partial charge in [-0.15, -0.1) is 0 Å². The van der Waals surface area contributed by atoms with Crippen LogP contribution < -0.4 is 11.1 Å². The maximum Gasteiger partial charge on any atom is 0.131 e. The first kappa shape index (κ1) is 8.49. The summed E-state index contributed by atoms with van der Waals surface area (Å²) >= 11 is 0. The Kier molecular flexibility index (Phi) is 2.26. The number of hydrogen-bond donors (Lipinski definition) is 3. The molecule has 4 N–H and O–H groups in total. The van der Waals surface area contributed by atoms with Crippen LogP contribution in [-0.2, 0) is 6.54 Å². The first-order valence-corrected chi connectivity index (χ1v) is 4.14. The summed E-state index contributed by atoms with van der Waals surface area (Å²) in [6.07, 6.45) is 3.12. The highest BCUT2D eigenvalue weighted by Crippen LogP contribution is 2.05. The Bertz CT molecular complexity index is 396. The normalized spacial score (nSPS) is 10.0. The number of hydrogen-bond acceptors (Lipinski definition) is 5. The summed E-state index contributed by atoms with van der Waals surface area (Å²) in [5.74, 6) is 1.15. The number of nitrogens with zero attached hydrogens (tertiary/aromatic N) is 3. The van der Waals surface area contributed by atoms with Crippen LogP contribution in [0.1, 0.15) is 5.69 Å². The Balaban J connectivity index is 1.98. The van der Waals surface area contributed by atoms with Crippen LogP contribution in [0.5, 0.6) is 0 Å². The Hall–Kier alpha value is -2.11. The molecule has 2 rings (SSSR count). The lowest BCUT2D eigenvalue weighted by Crippen LogP contribution is -2.03. The van der Waals surface area contributed by atoms with Gasteiger partial charge in [0.15, 0.2) is 0 Å². The van der Waals surface area contributed by atoms with E-state index in [0.717, 1.165) is 5.69 Å². The van der Waals surface area contributed by atoms with Crippen LogP contribution in [-0.4, -0.2) is 20.2 Å². The predicted molar refractivity (Wildman–Crippen MR) is 52.4 cm³/mol. The van der Waals surface area contributed by atoms with Gasteiger partial charge in [-0.05, 0) is 6.07 Å². The van der Waals surface area contributed by atoms with Crippen molar-refractivity contribution in [1.29, 1.82) is 0 Å². The SMILES string of the molecule is Nc1cc(NCc2ccn[nH]2)ncn1. The molecule has 0 unspecified atom stereocenters. The highest BCUT2D eigenvalue weighted by atomic mass is 15.1. The fraction of sp³-hybridized carbons (Fsp3) is 0.125. The van der Waals surface area contributed by atoms with Gasteiger partial charge in [0.1, 0.15) is 18.0 Å². The van der Waals surface area contributed by atoms with Crippen molar-refractivity contribution in [2.75, 3.05) is 11.1 Å². The van der Waals surface area contributed by atoms with Crippen molar-refractivity contribution in [1.82, 2.24) is 20.2 Å². The molecule has 2 aromatic heterocycles. The number of aromatic amines is 1. The second-order valence-corrected chi connectivity index (χ2v) is 2.76. The zero-order valence-electron chi connectivity index (χ0n) is 7.44. The topological polar surface area (TPSA) is 92.5 Å². The van der Waals surface area contributed by atoms with Gasteiger partial charge in [0.05, 0.1) is 12.2 Å². The number of anilines is 2. The molecule has 14 heavy (non-hydrogen) atoms. The van der Waals surface area contributed by atoms with E-state index in [1.165, 1.54) is 6.33 Å². The number of nitrogens with one attached hydrogen (secondary N) is 2. The summed E-state index contributed by atoms with van der Waals surface area (Å²) in [5.41, 5.74) is 6.48. The molecule has 0 saturated heterocycles. The van der Waals surface area contributed by atoms with Gasteiger partial charge in [-0.1, -0.05) is 0 Å². The maximum atomic E-state index is 5.50. The summed E-state index contributed by atoms with van der Waals surface area (Å²) in [5, 5.41) is 9.75. The smallest absolute Gasteiger partial charge is 0.131 e. The van der Waals surface area contributed by atoms with Gasteiger partial charge in [-0.3, -0.25) is 5.10 Å². The maximum absolute atomic E-state index is 5.50. The highest BCUT2D eigenvalue weighted by molar-refractivity contribution is 5.43. The van der Waals surface area contributed by atoms with Crippen LogP contribution in [0.2, 0.25) is 0 Å². The molecular formula is C8H10N6. The third-order valence-electron chi connectivity index (χ3n) is 1.71. The molecule has 0 atom stereocenters. The zero-order chi connectivity index (χ0) is 9.80. The molecule has 6 heteroatoms. The van der Waals surface area contributed by atoms with E-state index in [9.17, 15) is 0 Å². The van der Waals surface area contributed by atoms with Crippen molar-refractivity contribution in [3.05, 3.63) is 30.4 Å². The first-order valence-electron chi connectivity index (χ1n) is 4.14. The third kappa shape index (κ3) is 1.98. The molecule has 0 aromatic carbocycles. The van der Waals surface area contributed by atoms with E-state index in [1.807, 2.05) is 6.07 Å². The van der Waals surface area contributed by atoms with Crippen molar-refractivity contribution in [2.24, 2.45) is 0 Å². The predicted octanol–water partition coefficient (Wildman–Crippen LogP) is 0.394. The molecule has 2 heterocycles. The standard InChI is InChI=1S/C8H10N6/c9-7-3-8(12-5-11-7)10-4-6-1-2-13-14-6/h1-3,5H,4H2,(H,13,14)(H3,9,10,11,12). The van der Waals surface area contributed by atoms with Crippen LogP contribution in [0, 0.1) is 0 Å². The Labute approximate surface area is 80.6 Å². The highest BCUT2D eigenvalue weighted by Gasteiger charge is 1.96. The molecule has 0 bridgehead atoms. The van der Waals surface area contributed by atoms with Crippen LogP contribution >= 0.6 is 0 Å². The number of rotatable bonds is 3. The van der Waals surface area contributed by atoms with Crippen LogP contribution in [0.3, 0.4) is 0 Å². The summed E-state index contributed by atoms with van der Waals surface area (Å²) in [6, 6.07) is 3.56. The Morgan fingerprint density at radius 1 is 1.43 bits per heavy atom. The van der Waals surface area contributed by atoms with Gasteiger partial charge in [0.2, 0.25) is 0 Å². The Morgan fingerprint density at radius 3 is 3.07 bits per heavy atom. The molecule has 0 amide bonds. The molecule has 0 saturated carbocycles. The number of H-pyrrole nitrogens is 1. The fourth-order valence-electron chi connectivity index (χ4n) is 1.04. The van der Waals surface area contributed by atoms with Crippen LogP contribution in [0.15, 0.2) is 24.7 Å². The lowest BCUT2D eigenvalue weighted by atomic mass is 10.4. The Morgan fingerprint density at radius 2 is 2.36 bits per heavy atom. The van der Waals surface area contributed by atoms with E-state index in [2.05, 4.69) is 25.5 Å². The molecule has 72 valence electrons. The van der Waals surface area contributed by atoms with Gasteiger partial charge in [-0.25, -0.2) is 9.97 Å². The average molecular weight is 190 g/mol. The van der Waals surface area contributed by atoms with Gasteiger partial charge in [-0.2, -0.15) is 5.10 Å². The minimum absolute atomic E-state index is 0.451. The monoisotopic (exact) mass is 190 g/mol. The van der Waals surface area contributed by atoms with Gasteiger partial charge in [0, 0.05) is 12.3 Å². The largest absolute Gasteiger partial charge is 0.384 e. The quantitative estimate of drug-likeness (QED) is 0.651. The van der Waals surface area contributed by atoms with Crippen molar-refractivity contribution in [3.8, 4) is 0 Å². The molecule has 0 spiro atoms. The van der Waals surface area contributed by atoms with E-state index in [0.29, 0.717) is 18.2 Å². The fourth-order valence-corrected chi connectivity index (χ4v) is 1.04. The minimum Gasteiger partial charge on any atom is -0.384 e. The number of aromatic nitrogens is 4. The minimum atomic E-state index is 0.451. The second-order valence-electron chi connectivity index (χ2n) is 2.76. The lowest BCUT2D eigenvalue weighted by molar-refractivity contribution is 0.971. The van der Waals surface area contributed by atoms with E-state index in [1.54, 1.807) is 12.3 Å². The summed E-state index contributed by atoms with van der Waals surface area (Å²) < 4.78 is 0. The first-order chi connectivity index (χ1) is 6.84. The van der Waals surface area contributed by atoms with Crippen molar-refractivity contribution >= 4 is 11.6 Å². The summed E-state index contributed by atoms with van der Waals surface area (Å²) in [6.45, 7) is 0.635. The van der Waals surface area contributed by atoms with Crippen molar-refractivity contribution in [3.63, 3.8) is 0 Å². The van der Waals surface area contributed by atoms with E-state index in [-0.39, 0.29) is 0 Å². The summed E-state index contributed by atoms with van der Waals surface area (Å²) in [4.78, 5) is 7.79.